The van der Waals surface area contributed by atoms with Gasteiger partial charge in [-0.15, -0.1) is 0 Å². The van der Waals surface area contributed by atoms with Gasteiger partial charge in [-0.05, 0) is 36.8 Å². The minimum atomic E-state index is -6.07. The number of rotatable bonds is 6. The summed E-state index contributed by atoms with van der Waals surface area (Å²) < 4.78 is 107. The molecule has 39 heavy (non-hydrogen) atoms. The molecular formula is C24H25ClF6N4O3S. The van der Waals surface area contributed by atoms with E-state index >= 15 is 0 Å². The Morgan fingerprint density at radius 1 is 0.949 bits per heavy atom. The van der Waals surface area contributed by atoms with E-state index in [-0.39, 0.29) is 29.6 Å². The zero-order valence-electron chi connectivity index (χ0n) is 20.5. The first-order chi connectivity index (χ1) is 18.1. The number of aliphatic hydroxyl groups is 1. The summed E-state index contributed by atoms with van der Waals surface area (Å²) in [5, 5.41) is 14.6. The van der Waals surface area contributed by atoms with Crippen molar-refractivity contribution < 1.29 is 39.9 Å². The number of hydrazone groups is 1. The molecule has 7 nitrogen and oxygen atoms in total. The summed E-state index contributed by atoms with van der Waals surface area (Å²) in [5.41, 5.74) is -5.52. The van der Waals surface area contributed by atoms with E-state index in [1.54, 1.807) is 37.3 Å². The molecular weight excluding hydrogens is 574 g/mol. The zero-order chi connectivity index (χ0) is 28.8. The molecule has 2 heterocycles. The van der Waals surface area contributed by atoms with Gasteiger partial charge in [-0.2, -0.15) is 35.7 Å². The Morgan fingerprint density at radius 3 is 2.03 bits per heavy atom. The third-order valence-electron chi connectivity index (χ3n) is 6.89. The van der Waals surface area contributed by atoms with Gasteiger partial charge in [-0.3, -0.25) is 5.01 Å². The number of hydrogen-bond donors (Lipinski definition) is 1. The average Bonchev–Trinajstić information content (AvgIpc) is 3.32. The van der Waals surface area contributed by atoms with Gasteiger partial charge in [0.2, 0.25) is 10.0 Å². The molecule has 0 bridgehead atoms. The van der Waals surface area contributed by atoms with Crippen molar-refractivity contribution in [2.45, 2.75) is 37.3 Å². The summed E-state index contributed by atoms with van der Waals surface area (Å²) in [6.45, 7) is 2.95. The van der Waals surface area contributed by atoms with Gasteiger partial charge >= 0.3 is 12.4 Å². The highest BCUT2D eigenvalue weighted by Crippen LogP contribution is 2.49. The number of anilines is 2. The van der Waals surface area contributed by atoms with Crippen LogP contribution in [0, 0.1) is 0 Å². The van der Waals surface area contributed by atoms with Crippen molar-refractivity contribution in [2.75, 3.05) is 41.8 Å². The van der Waals surface area contributed by atoms with Crippen LogP contribution in [0.15, 0.2) is 53.6 Å². The molecule has 2 aliphatic heterocycles. The molecule has 1 fully saturated rings. The molecule has 1 atom stereocenters. The first-order valence-corrected chi connectivity index (χ1v) is 13.9. The van der Waals surface area contributed by atoms with E-state index in [0.717, 1.165) is 5.01 Å². The Balaban J connectivity index is 1.65. The van der Waals surface area contributed by atoms with Crippen LogP contribution >= 0.6 is 11.6 Å². The zero-order valence-corrected chi connectivity index (χ0v) is 22.1. The molecule has 1 saturated heterocycles. The fraction of sp³-hybridized carbons (Fsp3) is 0.458. The van der Waals surface area contributed by atoms with Crippen molar-refractivity contribution in [3.05, 3.63) is 59.1 Å². The molecule has 0 amide bonds. The fourth-order valence-electron chi connectivity index (χ4n) is 4.65. The maximum absolute atomic E-state index is 13.6. The van der Waals surface area contributed by atoms with Crippen LogP contribution in [0.1, 0.15) is 24.9 Å². The summed E-state index contributed by atoms with van der Waals surface area (Å²) in [5.74, 6) is -0.00706. The second-order valence-electron chi connectivity index (χ2n) is 9.15. The SMILES string of the molecule is CCS(=O)(=O)N1CCN(c2ccc(C3CC(C(O)(C(F)(F)F)C(F)(F)F)=NN3c3ccccc3Cl)cc2)CC1. The summed E-state index contributed by atoms with van der Waals surface area (Å²) in [6.07, 6.45) is -13.0. The summed E-state index contributed by atoms with van der Waals surface area (Å²) in [7, 11) is -3.32. The van der Waals surface area contributed by atoms with Gasteiger partial charge in [0.25, 0.3) is 5.60 Å². The van der Waals surface area contributed by atoms with Crippen LogP contribution in [0.4, 0.5) is 37.7 Å². The molecule has 15 heteroatoms. The molecule has 2 aromatic carbocycles. The van der Waals surface area contributed by atoms with Gasteiger partial charge in [0.1, 0.15) is 0 Å². The van der Waals surface area contributed by atoms with E-state index in [1.165, 1.54) is 22.5 Å². The van der Waals surface area contributed by atoms with Gasteiger partial charge in [0, 0.05) is 38.3 Å². The maximum Gasteiger partial charge on any atom is 0.431 e. The van der Waals surface area contributed by atoms with Crippen molar-refractivity contribution in [3.63, 3.8) is 0 Å². The molecule has 1 N–H and O–H groups in total. The van der Waals surface area contributed by atoms with E-state index in [2.05, 4.69) is 5.10 Å². The predicted molar refractivity (Wildman–Crippen MR) is 135 cm³/mol. The van der Waals surface area contributed by atoms with E-state index in [4.69, 9.17) is 11.6 Å². The minimum absolute atomic E-state index is 0.00706. The Hall–Kier alpha value is -2.55. The van der Waals surface area contributed by atoms with Gasteiger partial charge in [-0.25, -0.2) is 8.42 Å². The van der Waals surface area contributed by atoms with Crippen LogP contribution in [0.3, 0.4) is 0 Å². The molecule has 2 aromatic rings. The second kappa shape index (κ2) is 10.5. The standard InChI is InChI=1S/C24H25ClF6N4O3S/c1-2-39(37,38)34-13-11-33(12-14-34)17-9-7-16(8-10-17)20-15-21(22(36,23(26,27)28)24(29,30)31)32-35(20)19-6-4-3-5-18(19)25/h3-10,20,36H,2,11-15H2,1H3. The normalized spacial score (nSPS) is 19.9. The first kappa shape index (κ1) is 29.4. The smallest absolute Gasteiger partial charge is 0.369 e. The molecule has 0 aromatic heterocycles. The molecule has 0 aliphatic carbocycles. The Labute approximate surface area is 226 Å². The van der Waals surface area contributed by atoms with Gasteiger partial charge in [0.05, 0.1) is 28.2 Å². The molecule has 214 valence electrons. The molecule has 0 saturated carbocycles. The summed E-state index contributed by atoms with van der Waals surface area (Å²) in [6, 6.07) is 11.2. The number of benzene rings is 2. The fourth-order valence-corrected chi connectivity index (χ4v) is 5.96. The number of halogens is 7. The van der Waals surface area contributed by atoms with Gasteiger partial charge < -0.3 is 10.0 Å². The van der Waals surface area contributed by atoms with E-state index in [1.807, 2.05) is 4.90 Å². The van der Waals surface area contributed by atoms with E-state index in [9.17, 15) is 39.9 Å². The van der Waals surface area contributed by atoms with Gasteiger partial charge in [-0.1, -0.05) is 35.9 Å². The third kappa shape index (κ3) is 5.43. The monoisotopic (exact) mass is 598 g/mol. The Kier molecular flexibility index (Phi) is 7.89. The van der Waals surface area contributed by atoms with Crippen LogP contribution in [0.5, 0.6) is 0 Å². The highest BCUT2D eigenvalue weighted by atomic mass is 35.5. The maximum atomic E-state index is 13.6. The number of para-hydroxylation sites is 1. The number of alkyl halides is 6. The Morgan fingerprint density at radius 2 is 1.51 bits per heavy atom. The highest BCUT2D eigenvalue weighted by molar-refractivity contribution is 7.89. The first-order valence-electron chi connectivity index (χ1n) is 11.9. The molecule has 4 rings (SSSR count). The number of nitrogens with zero attached hydrogens (tertiary/aromatic N) is 4. The lowest BCUT2D eigenvalue weighted by molar-refractivity contribution is -0.338. The average molecular weight is 599 g/mol. The van der Waals surface area contributed by atoms with Crippen molar-refractivity contribution in [1.82, 2.24) is 4.31 Å². The quantitative estimate of drug-likeness (QED) is 0.475. The van der Waals surface area contributed by atoms with Crippen LogP contribution in [-0.4, -0.2) is 73.4 Å². The largest absolute Gasteiger partial charge is 0.431 e. The summed E-state index contributed by atoms with van der Waals surface area (Å²) >= 11 is 6.21. The number of piperazine rings is 1. The molecule has 2 aliphatic rings. The molecule has 0 radical (unpaired) electrons. The van der Waals surface area contributed by atoms with E-state index in [0.29, 0.717) is 24.3 Å². The second-order valence-corrected chi connectivity index (χ2v) is 11.8. The lowest BCUT2D eigenvalue weighted by Crippen LogP contribution is -2.62. The van der Waals surface area contributed by atoms with Gasteiger partial charge in [0.15, 0.2) is 0 Å². The number of sulfonamides is 1. The van der Waals surface area contributed by atoms with E-state index < -0.39 is 46.2 Å². The summed E-state index contributed by atoms with van der Waals surface area (Å²) in [4.78, 5) is 1.93. The highest BCUT2D eigenvalue weighted by Gasteiger charge is 2.74. The van der Waals surface area contributed by atoms with Crippen molar-refractivity contribution >= 4 is 38.7 Å². The van der Waals surface area contributed by atoms with Crippen molar-refractivity contribution in [1.29, 1.82) is 0 Å². The van der Waals surface area contributed by atoms with Crippen LogP contribution in [-0.2, 0) is 10.0 Å². The third-order valence-corrected chi connectivity index (χ3v) is 9.09. The van der Waals surface area contributed by atoms with Crippen LogP contribution in [0.2, 0.25) is 5.02 Å². The van der Waals surface area contributed by atoms with Crippen molar-refractivity contribution in [3.8, 4) is 0 Å². The minimum Gasteiger partial charge on any atom is -0.369 e. The predicted octanol–water partition coefficient (Wildman–Crippen LogP) is 4.97. The Bertz CT molecular complexity index is 1310. The molecule has 0 spiro atoms. The topological polar surface area (TPSA) is 76.5 Å². The number of hydrogen-bond acceptors (Lipinski definition) is 6. The van der Waals surface area contributed by atoms with Crippen LogP contribution < -0.4 is 9.91 Å². The van der Waals surface area contributed by atoms with Crippen molar-refractivity contribution in [2.24, 2.45) is 5.10 Å². The lowest BCUT2D eigenvalue weighted by Gasteiger charge is -2.35. The lowest BCUT2D eigenvalue weighted by atomic mass is 9.90. The molecule has 1 unspecified atom stereocenters. The van der Waals surface area contributed by atoms with Crippen LogP contribution in [0.25, 0.3) is 0 Å².